The van der Waals surface area contributed by atoms with Gasteiger partial charge < -0.3 is 9.90 Å². The van der Waals surface area contributed by atoms with Gasteiger partial charge in [-0.25, -0.2) is 0 Å². The monoisotopic (exact) mass is 172 g/mol. The molecule has 54 valence electrons. The van der Waals surface area contributed by atoms with E-state index in [0.717, 1.165) is 0 Å². The molecule has 0 aliphatic rings. The molecule has 0 spiro atoms. The van der Waals surface area contributed by atoms with Crippen molar-refractivity contribution in [1.82, 2.24) is 0 Å². The van der Waals surface area contributed by atoms with Gasteiger partial charge in [0.1, 0.15) is 5.78 Å². The zero-order valence-corrected chi connectivity index (χ0v) is 6.14. The third-order valence-corrected chi connectivity index (χ3v) is 0.691. The maximum Gasteiger partial charge on any atom is 0.303 e. The summed E-state index contributed by atoms with van der Waals surface area (Å²) in [5.74, 6) is -0.993. The SMILES string of the molecule is CC(=O)CCC(=O)O.[Fe]. The molecule has 3 nitrogen and oxygen atoms in total. The molecule has 9 heavy (non-hydrogen) atoms. The van der Waals surface area contributed by atoms with Crippen LogP contribution < -0.4 is 0 Å². The van der Waals surface area contributed by atoms with E-state index in [1.807, 2.05) is 0 Å². The summed E-state index contributed by atoms with van der Waals surface area (Å²) in [5.41, 5.74) is 0. The Morgan fingerprint density at radius 2 is 1.78 bits per heavy atom. The summed E-state index contributed by atoms with van der Waals surface area (Å²) < 4.78 is 0. The smallest absolute Gasteiger partial charge is 0.303 e. The molecule has 0 aromatic heterocycles. The van der Waals surface area contributed by atoms with Gasteiger partial charge >= 0.3 is 5.97 Å². The summed E-state index contributed by atoms with van der Waals surface area (Å²) in [5, 5.41) is 8.01. The van der Waals surface area contributed by atoms with Gasteiger partial charge in [-0.1, -0.05) is 0 Å². The van der Waals surface area contributed by atoms with E-state index in [2.05, 4.69) is 0 Å². The van der Waals surface area contributed by atoms with Gasteiger partial charge in [0.2, 0.25) is 0 Å². The first-order valence-electron chi connectivity index (χ1n) is 2.34. The van der Waals surface area contributed by atoms with Crippen LogP contribution in [0.1, 0.15) is 19.8 Å². The van der Waals surface area contributed by atoms with Gasteiger partial charge in [0.05, 0.1) is 6.42 Å². The van der Waals surface area contributed by atoms with Crippen molar-refractivity contribution >= 4 is 11.8 Å². The van der Waals surface area contributed by atoms with E-state index in [-0.39, 0.29) is 35.7 Å². The predicted octanol–water partition coefficient (Wildman–Crippen LogP) is 0.438. The second kappa shape index (κ2) is 5.79. The van der Waals surface area contributed by atoms with Crippen molar-refractivity contribution in [1.29, 1.82) is 0 Å². The summed E-state index contributed by atoms with van der Waals surface area (Å²) in [6.07, 6.45) is 0.102. The van der Waals surface area contributed by atoms with Crippen LogP contribution in [-0.4, -0.2) is 16.9 Å². The van der Waals surface area contributed by atoms with Crippen LogP contribution >= 0.6 is 0 Å². The first kappa shape index (κ1) is 11.5. The van der Waals surface area contributed by atoms with Gasteiger partial charge in [0, 0.05) is 23.5 Å². The second-order valence-electron chi connectivity index (χ2n) is 1.60. The van der Waals surface area contributed by atoms with Crippen LogP contribution in [0.3, 0.4) is 0 Å². The molecule has 0 rings (SSSR count). The van der Waals surface area contributed by atoms with Crippen molar-refractivity contribution in [2.45, 2.75) is 19.8 Å². The maximum atomic E-state index is 10.1. The first-order valence-corrected chi connectivity index (χ1v) is 2.34. The molecular weight excluding hydrogens is 164 g/mol. The number of carboxylic acids is 1. The molecule has 0 saturated carbocycles. The molecule has 4 heteroatoms. The maximum absolute atomic E-state index is 10.1. The number of ketones is 1. The molecule has 0 unspecified atom stereocenters. The van der Waals surface area contributed by atoms with Crippen molar-refractivity contribution in [3.63, 3.8) is 0 Å². The minimum Gasteiger partial charge on any atom is -0.481 e. The summed E-state index contributed by atoms with van der Waals surface area (Å²) in [4.78, 5) is 19.8. The molecule has 0 aromatic rings. The molecule has 0 heterocycles. The Balaban J connectivity index is 0. The van der Waals surface area contributed by atoms with Crippen LogP contribution in [0.15, 0.2) is 0 Å². The first-order chi connectivity index (χ1) is 3.63. The van der Waals surface area contributed by atoms with Gasteiger partial charge in [0.25, 0.3) is 0 Å². The molecule has 0 bridgehead atoms. The van der Waals surface area contributed by atoms with Gasteiger partial charge in [0.15, 0.2) is 0 Å². The molecule has 0 fully saturated rings. The van der Waals surface area contributed by atoms with Crippen molar-refractivity contribution in [2.24, 2.45) is 0 Å². The van der Waals surface area contributed by atoms with E-state index in [1.165, 1.54) is 6.92 Å². The molecule has 0 saturated heterocycles. The Hall–Kier alpha value is -0.341. The van der Waals surface area contributed by atoms with Crippen LogP contribution in [0.25, 0.3) is 0 Å². The fourth-order valence-electron chi connectivity index (χ4n) is 0.283. The standard InChI is InChI=1S/C5H8O3.Fe/c1-4(6)2-3-5(7)8;/h2-3H2,1H3,(H,7,8);. The van der Waals surface area contributed by atoms with Crippen LogP contribution in [0.4, 0.5) is 0 Å². The van der Waals surface area contributed by atoms with Gasteiger partial charge in [-0.2, -0.15) is 0 Å². The Morgan fingerprint density at radius 3 is 1.89 bits per heavy atom. The Morgan fingerprint density at radius 1 is 1.33 bits per heavy atom. The predicted molar refractivity (Wildman–Crippen MR) is 27.6 cm³/mol. The summed E-state index contributed by atoms with van der Waals surface area (Å²) in [7, 11) is 0. The number of Topliss-reactive ketones (excluding diaryl/α,β-unsaturated/α-hetero) is 1. The molecule has 0 atom stereocenters. The fourth-order valence-corrected chi connectivity index (χ4v) is 0.283. The van der Waals surface area contributed by atoms with Crippen LogP contribution in [-0.2, 0) is 26.7 Å². The van der Waals surface area contributed by atoms with Crippen molar-refractivity contribution in [3.8, 4) is 0 Å². The second-order valence-corrected chi connectivity index (χ2v) is 1.60. The third kappa shape index (κ3) is 11.3. The Labute approximate surface area is 63.9 Å². The summed E-state index contributed by atoms with van der Waals surface area (Å²) in [6, 6.07) is 0. The zero-order valence-electron chi connectivity index (χ0n) is 5.03. The largest absolute Gasteiger partial charge is 0.481 e. The van der Waals surface area contributed by atoms with E-state index in [9.17, 15) is 9.59 Å². The topological polar surface area (TPSA) is 54.4 Å². The normalized spacial score (nSPS) is 7.67. The molecular formula is C5H8FeO3. The molecule has 0 radical (unpaired) electrons. The Kier molecular flexibility index (Phi) is 7.37. The quantitative estimate of drug-likeness (QED) is 0.628. The zero-order chi connectivity index (χ0) is 6.57. The van der Waals surface area contributed by atoms with E-state index in [4.69, 9.17) is 5.11 Å². The van der Waals surface area contributed by atoms with Crippen LogP contribution in [0.5, 0.6) is 0 Å². The van der Waals surface area contributed by atoms with E-state index in [0.29, 0.717) is 0 Å². The molecule has 0 aromatic carbocycles. The average molecular weight is 172 g/mol. The number of hydrogen-bond acceptors (Lipinski definition) is 2. The van der Waals surface area contributed by atoms with Crippen molar-refractivity contribution < 1.29 is 31.8 Å². The minimum atomic E-state index is -0.916. The molecule has 0 amide bonds. The minimum absolute atomic E-state index is 0. The van der Waals surface area contributed by atoms with Gasteiger partial charge in [-0.15, -0.1) is 0 Å². The van der Waals surface area contributed by atoms with E-state index < -0.39 is 5.97 Å². The Bertz CT molecular complexity index is 96.8. The number of carbonyl (C=O) groups is 2. The summed E-state index contributed by atoms with van der Waals surface area (Å²) in [6.45, 7) is 1.38. The average Bonchev–Trinajstić information content (AvgIpc) is 1.61. The van der Waals surface area contributed by atoms with Gasteiger partial charge in [-0.3, -0.25) is 4.79 Å². The fraction of sp³-hybridized carbons (Fsp3) is 0.600. The molecule has 0 aliphatic heterocycles. The summed E-state index contributed by atoms with van der Waals surface area (Å²) >= 11 is 0. The van der Waals surface area contributed by atoms with Crippen molar-refractivity contribution in [3.05, 3.63) is 0 Å². The molecule has 1 N–H and O–H groups in total. The molecule has 0 aliphatic carbocycles. The van der Waals surface area contributed by atoms with E-state index >= 15 is 0 Å². The number of hydrogen-bond donors (Lipinski definition) is 1. The van der Waals surface area contributed by atoms with Crippen molar-refractivity contribution in [2.75, 3.05) is 0 Å². The number of rotatable bonds is 3. The van der Waals surface area contributed by atoms with Crippen LogP contribution in [0, 0.1) is 0 Å². The van der Waals surface area contributed by atoms with Gasteiger partial charge in [-0.05, 0) is 6.92 Å². The number of carboxylic acid groups (broad SMARTS) is 1. The number of carbonyl (C=O) groups excluding carboxylic acids is 1. The van der Waals surface area contributed by atoms with E-state index in [1.54, 1.807) is 0 Å². The van der Waals surface area contributed by atoms with Crippen LogP contribution in [0.2, 0.25) is 0 Å². The number of aliphatic carboxylic acids is 1. The third-order valence-electron chi connectivity index (χ3n) is 0.691.